The fourth-order valence-corrected chi connectivity index (χ4v) is 2.49. The molecular weight excluding hydrogens is 370 g/mol. The number of amides is 1. The molecule has 0 saturated carbocycles. The Hall–Kier alpha value is -0.920. The summed E-state index contributed by atoms with van der Waals surface area (Å²) in [7, 11) is 1.17. The number of carbonyl (C=O) groups excluding carboxylic acids is 2. The fraction of sp³-hybridized carbons (Fsp3) is 0.273. The van der Waals surface area contributed by atoms with E-state index in [4.69, 9.17) is 0 Å². The third-order valence-corrected chi connectivity index (χ3v) is 2.97. The van der Waals surface area contributed by atoms with E-state index in [1.165, 1.54) is 7.11 Å². The van der Waals surface area contributed by atoms with Crippen molar-refractivity contribution in [2.45, 2.75) is 6.10 Å². The van der Waals surface area contributed by atoms with Crippen molar-refractivity contribution in [1.82, 2.24) is 5.32 Å². The van der Waals surface area contributed by atoms with Crippen LogP contribution in [0.4, 0.5) is 0 Å². The molecule has 0 saturated heterocycles. The summed E-state index contributed by atoms with van der Waals surface area (Å²) in [5, 5.41) is 11.8. The minimum Gasteiger partial charge on any atom is -0.467 e. The van der Waals surface area contributed by atoms with Gasteiger partial charge in [-0.05, 0) is 18.2 Å². The predicted molar refractivity (Wildman–Crippen MR) is 72.2 cm³/mol. The summed E-state index contributed by atoms with van der Waals surface area (Å²) in [4.78, 5) is 22.7. The van der Waals surface area contributed by atoms with Crippen LogP contribution in [-0.2, 0) is 9.53 Å². The van der Waals surface area contributed by atoms with Crippen molar-refractivity contribution in [3.63, 3.8) is 0 Å². The molecule has 1 amide bonds. The molecule has 7 heteroatoms. The van der Waals surface area contributed by atoms with Crippen molar-refractivity contribution in [1.29, 1.82) is 0 Å². The Kier molecular flexibility index (Phi) is 5.77. The highest BCUT2D eigenvalue weighted by Gasteiger charge is 2.16. The molecule has 0 fully saturated rings. The SMILES string of the molecule is COC(=O)C(O)CNC(=O)c1cc(Br)cc(Br)c1. The lowest BCUT2D eigenvalue weighted by Gasteiger charge is -2.10. The highest BCUT2D eigenvalue weighted by atomic mass is 79.9. The van der Waals surface area contributed by atoms with Crippen LogP contribution in [0.1, 0.15) is 10.4 Å². The van der Waals surface area contributed by atoms with Crippen LogP contribution in [0.25, 0.3) is 0 Å². The highest BCUT2D eigenvalue weighted by molar-refractivity contribution is 9.11. The Morgan fingerprint density at radius 2 is 1.89 bits per heavy atom. The first-order valence-corrected chi connectivity index (χ1v) is 6.53. The van der Waals surface area contributed by atoms with Gasteiger partial charge < -0.3 is 15.2 Å². The monoisotopic (exact) mass is 379 g/mol. The van der Waals surface area contributed by atoms with Gasteiger partial charge in [0.15, 0.2) is 6.10 Å². The first kappa shape index (κ1) is 15.1. The van der Waals surface area contributed by atoms with Crippen LogP contribution in [0.3, 0.4) is 0 Å². The van der Waals surface area contributed by atoms with Gasteiger partial charge in [0.1, 0.15) is 0 Å². The van der Waals surface area contributed by atoms with Crippen LogP contribution >= 0.6 is 31.9 Å². The molecule has 18 heavy (non-hydrogen) atoms. The number of ether oxygens (including phenoxy) is 1. The largest absolute Gasteiger partial charge is 0.467 e. The number of methoxy groups -OCH3 is 1. The molecular formula is C11H11Br2NO4. The quantitative estimate of drug-likeness (QED) is 0.775. The number of aliphatic hydroxyl groups is 1. The lowest BCUT2D eigenvalue weighted by molar-refractivity contribution is -0.149. The number of aliphatic hydroxyl groups excluding tert-OH is 1. The summed E-state index contributed by atoms with van der Waals surface area (Å²) < 4.78 is 5.82. The van der Waals surface area contributed by atoms with E-state index in [0.29, 0.717) is 5.56 Å². The number of hydrogen-bond acceptors (Lipinski definition) is 4. The first-order chi connectivity index (χ1) is 8.43. The average molecular weight is 381 g/mol. The summed E-state index contributed by atoms with van der Waals surface area (Å²) in [5.74, 6) is -1.18. The maximum Gasteiger partial charge on any atom is 0.336 e. The van der Waals surface area contributed by atoms with Gasteiger partial charge in [-0.1, -0.05) is 31.9 Å². The molecule has 1 unspecified atom stereocenters. The van der Waals surface area contributed by atoms with Crippen LogP contribution in [0.15, 0.2) is 27.1 Å². The van der Waals surface area contributed by atoms with Gasteiger partial charge in [-0.2, -0.15) is 0 Å². The standard InChI is InChI=1S/C11H11Br2NO4/c1-18-11(17)9(15)5-14-10(16)6-2-7(12)4-8(13)3-6/h2-4,9,15H,5H2,1H3,(H,14,16). The maximum absolute atomic E-state index is 11.7. The first-order valence-electron chi connectivity index (χ1n) is 4.94. The number of esters is 1. The highest BCUT2D eigenvalue weighted by Crippen LogP contribution is 2.19. The van der Waals surface area contributed by atoms with Gasteiger partial charge in [0, 0.05) is 14.5 Å². The van der Waals surface area contributed by atoms with E-state index >= 15 is 0 Å². The topological polar surface area (TPSA) is 75.6 Å². The molecule has 0 spiro atoms. The Balaban J connectivity index is 2.63. The molecule has 0 bridgehead atoms. The number of nitrogens with one attached hydrogen (secondary N) is 1. The second-order valence-corrected chi connectivity index (χ2v) is 5.24. The maximum atomic E-state index is 11.7. The predicted octanol–water partition coefficient (Wildman–Crippen LogP) is 1.48. The second kappa shape index (κ2) is 6.86. The van der Waals surface area contributed by atoms with Gasteiger partial charge in [-0.15, -0.1) is 0 Å². The zero-order chi connectivity index (χ0) is 13.7. The minimum absolute atomic E-state index is 0.199. The smallest absolute Gasteiger partial charge is 0.336 e. The van der Waals surface area contributed by atoms with E-state index in [-0.39, 0.29) is 12.5 Å². The van der Waals surface area contributed by atoms with Crippen molar-refractivity contribution in [2.75, 3.05) is 13.7 Å². The Bertz CT molecular complexity index is 444. The summed E-state index contributed by atoms with van der Waals surface area (Å²) in [6.45, 7) is -0.199. The molecule has 0 aromatic heterocycles. The van der Waals surface area contributed by atoms with Crippen LogP contribution < -0.4 is 5.32 Å². The molecule has 98 valence electrons. The van der Waals surface area contributed by atoms with Crippen molar-refractivity contribution < 1.29 is 19.4 Å². The number of benzene rings is 1. The molecule has 5 nitrogen and oxygen atoms in total. The third-order valence-electron chi connectivity index (χ3n) is 2.05. The van der Waals surface area contributed by atoms with Crippen molar-refractivity contribution >= 4 is 43.7 Å². The zero-order valence-electron chi connectivity index (χ0n) is 9.44. The number of hydrogen-bond donors (Lipinski definition) is 2. The Labute approximate surface area is 121 Å². The summed E-state index contributed by atoms with van der Waals surface area (Å²) in [6, 6.07) is 5.05. The van der Waals surface area contributed by atoms with Crippen LogP contribution in [-0.4, -0.2) is 36.7 Å². The number of halogens is 2. The lowest BCUT2D eigenvalue weighted by atomic mass is 10.2. The normalized spacial score (nSPS) is 11.8. The molecule has 2 N–H and O–H groups in total. The van der Waals surface area contributed by atoms with Gasteiger partial charge in [0.05, 0.1) is 13.7 Å². The molecule has 0 aliphatic heterocycles. The van der Waals surface area contributed by atoms with Gasteiger partial charge in [-0.25, -0.2) is 4.79 Å². The molecule has 1 aromatic rings. The molecule has 1 aromatic carbocycles. The van der Waals surface area contributed by atoms with Crippen LogP contribution in [0.5, 0.6) is 0 Å². The Morgan fingerprint density at radius 3 is 2.39 bits per heavy atom. The van der Waals surface area contributed by atoms with E-state index in [9.17, 15) is 14.7 Å². The second-order valence-electron chi connectivity index (χ2n) is 3.41. The fourth-order valence-electron chi connectivity index (χ4n) is 1.20. The minimum atomic E-state index is -1.37. The van der Waals surface area contributed by atoms with E-state index < -0.39 is 12.1 Å². The molecule has 0 radical (unpaired) electrons. The van der Waals surface area contributed by atoms with E-state index in [1.54, 1.807) is 18.2 Å². The number of carbonyl (C=O) groups is 2. The van der Waals surface area contributed by atoms with Gasteiger partial charge in [0.2, 0.25) is 0 Å². The molecule has 1 rings (SSSR count). The summed E-state index contributed by atoms with van der Waals surface area (Å²) >= 11 is 6.52. The summed E-state index contributed by atoms with van der Waals surface area (Å²) in [5.41, 5.74) is 0.410. The molecule has 1 atom stereocenters. The van der Waals surface area contributed by atoms with Crippen LogP contribution in [0, 0.1) is 0 Å². The summed E-state index contributed by atoms with van der Waals surface area (Å²) in [6.07, 6.45) is -1.37. The number of rotatable bonds is 4. The average Bonchev–Trinajstić information content (AvgIpc) is 2.33. The van der Waals surface area contributed by atoms with Gasteiger partial charge >= 0.3 is 5.97 Å². The van der Waals surface area contributed by atoms with E-state index in [0.717, 1.165) is 8.95 Å². The molecule has 0 aliphatic rings. The zero-order valence-corrected chi connectivity index (χ0v) is 12.6. The Morgan fingerprint density at radius 1 is 1.33 bits per heavy atom. The van der Waals surface area contributed by atoms with Gasteiger partial charge in [0.25, 0.3) is 5.91 Å². The van der Waals surface area contributed by atoms with Crippen molar-refractivity contribution in [2.24, 2.45) is 0 Å². The lowest BCUT2D eigenvalue weighted by Crippen LogP contribution is -2.37. The van der Waals surface area contributed by atoms with Gasteiger partial charge in [-0.3, -0.25) is 4.79 Å². The van der Waals surface area contributed by atoms with E-state index in [1.807, 2.05) is 0 Å². The van der Waals surface area contributed by atoms with E-state index in [2.05, 4.69) is 41.9 Å². The van der Waals surface area contributed by atoms with Crippen molar-refractivity contribution in [3.05, 3.63) is 32.7 Å². The third kappa shape index (κ3) is 4.40. The van der Waals surface area contributed by atoms with Crippen LogP contribution in [0.2, 0.25) is 0 Å². The van der Waals surface area contributed by atoms with Crippen molar-refractivity contribution in [3.8, 4) is 0 Å². The molecule has 0 heterocycles. The molecule has 0 aliphatic carbocycles.